The first-order chi connectivity index (χ1) is 25.3. The minimum Gasteiger partial charge on any atom is -0.469 e. The molecule has 270 valence electrons. The van der Waals surface area contributed by atoms with Gasteiger partial charge in [-0.15, -0.1) is 0 Å². The molecule has 6 aromatic rings. The van der Waals surface area contributed by atoms with Crippen molar-refractivity contribution < 1.29 is 44.1 Å². The van der Waals surface area contributed by atoms with E-state index in [-0.39, 0.29) is 47.0 Å². The molecule has 1 amide bonds. The molecule has 3 aromatic carbocycles. The van der Waals surface area contributed by atoms with Crippen molar-refractivity contribution in [3.63, 3.8) is 0 Å². The van der Waals surface area contributed by atoms with E-state index in [1.807, 2.05) is 50.2 Å². The van der Waals surface area contributed by atoms with E-state index in [0.717, 1.165) is 16.7 Å². The second-order valence-electron chi connectivity index (χ2n) is 13.9. The van der Waals surface area contributed by atoms with Crippen LogP contribution in [0.5, 0.6) is 11.5 Å². The number of halogens is 3. The Morgan fingerprint density at radius 1 is 1.04 bits per heavy atom. The zero-order chi connectivity index (χ0) is 36.8. The Labute approximate surface area is 297 Å². The lowest BCUT2D eigenvalue weighted by molar-refractivity contribution is -0.123. The number of H-pyrrole nitrogens is 1. The van der Waals surface area contributed by atoms with Gasteiger partial charge in [0.1, 0.15) is 17.2 Å². The summed E-state index contributed by atoms with van der Waals surface area (Å²) < 4.78 is 89.3. The van der Waals surface area contributed by atoms with E-state index >= 15 is 0 Å². The SMILES string of the molecule is CC(C)C1NC(=O)[C@@H](N)Cc2ccc3c(c2)C24c5cccc(c5NC2O3)-c2ccc(OS(=O)(=O)C(F)(F)F)c3[nH]cc(c23)-c2cnc(o2)-c2nc1oc24. The number of hydrogen-bond acceptors (Lipinski definition) is 11. The standard InChI is InChI=1S/C36H27F3N6O7S/c1-14(2)26-33-44-29-30(51-33)35-19-5-3-4-17(27(19)45-34(35)50-22-8-6-15(10-20(22)35)11-21(40)31(46)43-26)16-7-9-23(52-53(47,48)36(37,38)39)28-25(16)18(12-41-28)24-13-42-32(29)49-24/h3-10,12-14,21,26,34,41,45H,11,40H2,1-2H3,(H,43,46)/t21-,26?,34?,35?/m0/s1. The van der Waals surface area contributed by atoms with Crippen LogP contribution in [0.2, 0.25) is 0 Å². The predicted octanol–water partition coefficient (Wildman–Crippen LogP) is 5.86. The Hall–Kier alpha value is -5.81. The van der Waals surface area contributed by atoms with E-state index in [1.165, 1.54) is 24.5 Å². The van der Waals surface area contributed by atoms with Gasteiger partial charge in [-0.1, -0.05) is 44.2 Å². The van der Waals surface area contributed by atoms with Crippen molar-refractivity contribution in [3.05, 3.63) is 89.3 Å². The van der Waals surface area contributed by atoms with Crippen molar-refractivity contribution in [2.75, 3.05) is 5.32 Å². The smallest absolute Gasteiger partial charge is 0.469 e. The number of para-hydroxylation sites is 1. The van der Waals surface area contributed by atoms with E-state index < -0.39 is 45.1 Å². The van der Waals surface area contributed by atoms with E-state index in [1.54, 1.807) is 0 Å². The molecule has 10 rings (SSSR count). The maximum atomic E-state index is 13.5. The number of nitrogens with zero attached hydrogens (tertiary/aromatic N) is 2. The summed E-state index contributed by atoms with van der Waals surface area (Å²) in [5.74, 6) is 0.236. The summed E-state index contributed by atoms with van der Waals surface area (Å²) in [7, 11) is -6.01. The summed E-state index contributed by atoms with van der Waals surface area (Å²) in [5, 5.41) is 6.92. The molecule has 0 saturated heterocycles. The molecule has 1 spiro atoms. The van der Waals surface area contributed by atoms with E-state index in [0.29, 0.717) is 39.3 Å². The average molecular weight is 745 g/mol. The number of amides is 1. The van der Waals surface area contributed by atoms with Crippen LogP contribution in [-0.2, 0) is 26.7 Å². The van der Waals surface area contributed by atoms with Crippen LogP contribution in [0.15, 0.2) is 69.8 Å². The minimum absolute atomic E-state index is 0.0215. The molecule has 4 aliphatic heterocycles. The number of hydrogen-bond donors (Lipinski definition) is 4. The van der Waals surface area contributed by atoms with Crippen LogP contribution in [0.4, 0.5) is 18.9 Å². The first-order valence-corrected chi connectivity index (χ1v) is 18.1. The van der Waals surface area contributed by atoms with Crippen molar-refractivity contribution in [1.29, 1.82) is 0 Å². The van der Waals surface area contributed by atoms with Crippen LogP contribution in [-0.4, -0.2) is 47.1 Å². The summed E-state index contributed by atoms with van der Waals surface area (Å²) in [4.78, 5) is 25.9. The number of aromatic nitrogens is 3. The Morgan fingerprint density at radius 3 is 2.66 bits per heavy atom. The molecule has 4 atom stereocenters. The number of carbonyl (C=O) groups is 1. The molecule has 53 heavy (non-hydrogen) atoms. The highest BCUT2D eigenvalue weighted by atomic mass is 32.2. The van der Waals surface area contributed by atoms with Crippen LogP contribution >= 0.6 is 0 Å². The summed E-state index contributed by atoms with van der Waals surface area (Å²) in [6, 6.07) is 12.3. The van der Waals surface area contributed by atoms with Crippen LogP contribution in [0, 0.1) is 5.92 Å². The van der Waals surface area contributed by atoms with Crippen LogP contribution < -0.4 is 25.3 Å². The molecular weight excluding hydrogens is 717 g/mol. The van der Waals surface area contributed by atoms with Gasteiger partial charge >= 0.3 is 15.6 Å². The Bertz CT molecular complexity index is 2680. The Kier molecular flexibility index (Phi) is 6.26. The van der Waals surface area contributed by atoms with Crippen LogP contribution in [0.25, 0.3) is 44.9 Å². The topological polar surface area (TPSA) is 188 Å². The van der Waals surface area contributed by atoms with E-state index in [2.05, 4.69) is 24.8 Å². The fourth-order valence-corrected chi connectivity index (χ4v) is 8.51. The fraction of sp³-hybridized carbons (Fsp3) is 0.250. The largest absolute Gasteiger partial charge is 0.534 e. The average Bonchev–Trinajstić information content (AvgIpc) is 3.92. The number of nitrogens with one attached hydrogen (secondary N) is 3. The summed E-state index contributed by atoms with van der Waals surface area (Å²) in [6.07, 6.45) is 2.35. The minimum atomic E-state index is -6.01. The van der Waals surface area contributed by atoms with Crippen molar-refractivity contribution in [1.82, 2.24) is 20.3 Å². The lowest BCUT2D eigenvalue weighted by Gasteiger charge is -2.28. The lowest BCUT2D eigenvalue weighted by Crippen LogP contribution is -2.45. The highest BCUT2D eigenvalue weighted by Gasteiger charge is 2.61. The Balaban J connectivity index is 1.32. The maximum Gasteiger partial charge on any atom is 0.534 e. The number of oxazole rings is 2. The third-order valence-corrected chi connectivity index (χ3v) is 11.4. The fourth-order valence-electron chi connectivity index (χ4n) is 8.04. The van der Waals surface area contributed by atoms with Crippen molar-refractivity contribution in [2.45, 2.75) is 49.5 Å². The number of benzene rings is 3. The van der Waals surface area contributed by atoms with Gasteiger partial charge in [0.25, 0.3) is 0 Å². The summed E-state index contributed by atoms with van der Waals surface area (Å²) in [6.45, 7) is 3.84. The molecule has 0 aliphatic carbocycles. The lowest BCUT2D eigenvalue weighted by atomic mass is 9.72. The third-order valence-electron chi connectivity index (χ3n) is 10.4. The molecule has 7 heterocycles. The molecule has 0 saturated carbocycles. The number of rotatable bonds is 3. The van der Waals surface area contributed by atoms with Gasteiger partial charge in [0.15, 0.2) is 29.2 Å². The normalized spacial score (nSPS) is 22.4. The molecular formula is C36H27F3N6O7S. The van der Waals surface area contributed by atoms with Gasteiger partial charge in [0, 0.05) is 39.5 Å². The van der Waals surface area contributed by atoms with Gasteiger partial charge in [-0.2, -0.15) is 21.6 Å². The first kappa shape index (κ1) is 31.9. The Morgan fingerprint density at radius 2 is 1.87 bits per heavy atom. The monoisotopic (exact) mass is 744 g/mol. The highest BCUT2D eigenvalue weighted by Crippen LogP contribution is 2.61. The number of nitrogens with two attached hydrogens (primary N) is 1. The van der Waals surface area contributed by atoms with E-state index in [4.69, 9.17) is 24.3 Å². The summed E-state index contributed by atoms with van der Waals surface area (Å²) in [5.41, 5.74) is 4.16. The molecule has 13 nitrogen and oxygen atoms in total. The third kappa shape index (κ3) is 4.22. The molecule has 0 radical (unpaired) electrons. The molecule has 10 bridgehead atoms. The number of anilines is 1. The van der Waals surface area contributed by atoms with E-state index in [9.17, 15) is 26.4 Å². The van der Waals surface area contributed by atoms with Gasteiger partial charge in [0.2, 0.25) is 17.7 Å². The molecule has 0 fully saturated rings. The van der Waals surface area contributed by atoms with Crippen LogP contribution in [0.3, 0.4) is 0 Å². The number of ether oxygens (including phenoxy) is 1. The zero-order valence-electron chi connectivity index (χ0n) is 27.7. The van der Waals surface area contributed by atoms with Gasteiger partial charge in [0.05, 0.1) is 17.8 Å². The quantitative estimate of drug-likeness (QED) is 0.126. The molecule has 4 aliphatic rings. The van der Waals surface area contributed by atoms with Crippen molar-refractivity contribution in [3.8, 4) is 45.5 Å². The van der Waals surface area contributed by atoms with Gasteiger partial charge in [-0.3, -0.25) is 4.79 Å². The number of carbonyl (C=O) groups excluding carboxylic acids is 1. The molecule has 17 heteroatoms. The molecule has 5 N–H and O–H groups in total. The number of fused-ring (bicyclic) bond motifs is 7. The number of aromatic amines is 1. The van der Waals surface area contributed by atoms with Crippen molar-refractivity contribution in [2.24, 2.45) is 11.7 Å². The highest BCUT2D eigenvalue weighted by molar-refractivity contribution is 7.88. The molecule has 3 aromatic heterocycles. The second kappa shape index (κ2) is 10.4. The predicted molar refractivity (Wildman–Crippen MR) is 182 cm³/mol. The molecule has 3 unspecified atom stereocenters. The second-order valence-corrected chi connectivity index (χ2v) is 15.4. The van der Waals surface area contributed by atoms with Crippen LogP contribution in [0.1, 0.15) is 48.2 Å². The zero-order valence-corrected chi connectivity index (χ0v) is 28.5. The summed E-state index contributed by atoms with van der Waals surface area (Å²) >= 11 is 0. The van der Waals surface area contributed by atoms with Gasteiger partial charge < -0.3 is 39.1 Å². The van der Waals surface area contributed by atoms with Gasteiger partial charge in [-0.25, -0.2) is 9.97 Å². The number of alkyl halides is 3. The first-order valence-electron chi connectivity index (χ1n) is 16.6. The van der Waals surface area contributed by atoms with Crippen molar-refractivity contribution >= 4 is 32.6 Å². The van der Waals surface area contributed by atoms with Gasteiger partial charge in [-0.05, 0) is 41.7 Å². The maximum absolute atomic E-state index is 13.5.